The first kappa shape index (κ1) is 11.1. The lowest BCUT2D eigenvalue weighted by Crippen LogP contribution is -1.89. The summed E-state index contributed by atoms with van der Waals surface area (Å²) in [5.41, 5.74) is 0.907. The topological polar surface area (TPSA) is 40.7 Å². The summed E-state index contributed by atoms with van der Waals surface area (Å²) in [5.74, 6) is 0. The van der Waals surface area contributed by atoms with E-state index in [4.69, 9.17) is 23.8 Å². The Kier molecular flexibility index (Phi) is 3.40. The zero-order valence-electron chi connectivity index (χ0n) is 7.25. The first-order chi connectivity index (χ1) is 7.15. The van der Waals surface area contributed by atoms with Crippen LogP contribution in [0.4, 0.5) is 10.8 Å². The van der Waals surface area contributed by atoms with Crippen molar-refractivity contribution < 1.29 is 0 Å². The quantitative estimate of drug-likeness (QED) is 0.807. The van der Waals surface area contributed by atoms with E-state index in [-0.39, 0.29) is 0 Å². The van der Waals surface area contributed by atoms with Gasteiger partial charge in [-0.25, -0.2) is 0 Å². The van der Waals surface area contributed by atoms with Crippen LogP contribution in [0.1, 0.15) is 0 Å². The van der Waals surface area contributed by atoms with Gasteiger partial charge in [-0.15, -0.1) is 5.10 Å². The summed E-state index contributed by atoms with van der Waals surface area (Å²) in [5, 5.41) is 11.2. The van der Waals surface area contributed by atoms with Crippen LogP contribution in [0.2, 0.25) is 5.02 Å². The van der Waals surface area contributed by atoms with Gasteiger partial charge in [-0.05, 0) is 46.3 Å². The number of H-pyrrole nitrogens is 1. The fourth-order valence-electron chi connectivity index (χ4n) is 0.981. The highest BCUT2D eigenvalue weighted by atomic mass is 79.9. The molecule has 2 aromatic rings. The smallest absolute Gasteiger partial charge is 0.208 e. The van der Waals surface area contributed by atoms with E-state index in [0.29, 0.717) is 8.98 Å². The molecule has 15 heavy (non-hydrogen) atoms. The summed E-state index contributed by atoms with van der Waals surface area (Å²) in [6.07, 6.45) is 0. The van der Waals surface area contributed by atoms with Crippen molar-refractivity contribution in [3.63, 3.8) is 0 Å². The lowest BCUT2D eigenvalue weighted by molar-refractivity contribution is 1.08. The van der Waals surface area contributed by atoms with Gasteiger partial charge in [0.1, 0.15) is 0 Å². The Morgan fingerprint density at radius 3 is 2.93 bits per heavy atom. The van der Waals surface area contributed by atoms with Gasteiger partial charge in [0.2, 0.25) is 5.13 Å². The number of halogens is 2. The van der Waals surface area contributed by atoms with Crippen molar-refractivity contribution in [3.05, 3.63) is 31.6 Å². The molecule has 78 valence electrons. The van der Waals surface area contributed by atoms with Gasteiger partial charge in [0.05, 0.1) is 5.02 Å². The van der Waals surface area contributed by atoms with Gasteiger partial charge in [0.15, 0.2) is 3.95 Å². The fourth-order valence-corrected chi connectivity index (χ4v) is 2.29. The minimum Gasteiger partial charge on any atom is -0.330 e. The summed E-state index contributed by atoms with van der Waals surface area (Å²) >= 11 is 15.5. The molecule has 3 nitrogen and oxygen atoms in total. The molecule has 1 aromatic heterocycles. The number of anilines is 2. The monoisotopic (exact) mass is 321 g/mol. The second-order valence-electron chi connectivity index (χ2n) is 2.67. The summed E-state index contributed by atoms with van der Waals surface area (Å²) in [6.45, 7) is 0. The number of nitrogens with zero attached hydrogens (tertiary/aromatic N) is 1. The average Bonchev–Trinajstić information content (AvgIpc) is 2.58. The van der Waals surface area contributed by atoms with Gasteiger partial charge in [0, 0.05) is 10.2 Å². The largest absolute Gasteiger partial charge is 0.330 e. The van der Waals surface area contributed by atoms with Crippen LogP contribution in [0.5, 0.6) is 0 Å². The molecule has 0 spiro atoms. The van der Waals surface area contributed by atoms with Crippen molar-refractivity contribution in [1.29, 1.82) is 0 Å². The Balaban J connectivity index is 2.24. The maximum atomic E-state index is 5.88. The van der Waals surface area contributed by atoms with Gasteiger partial charge >= 0.3 is 0 Å². The number of hydrogen-bond donors (Lipinski definition) is 2. The third-order valence-electron chi connectivity index (χ3n) is 1.61. The predicted octanol–water partition coefficient (Wildman–Crippen LogP) is 4.36. The summed E-state index contributed by atoms with van der Waals surface area (Å²) < 4.78 is 1.49. The Bertz CT molecular complexity index is 537. The van der Waals surface area contributed by atoms with E-state index in [1.807, 2.05) is 12.1 Å². The highest BCUT2D eigenvalue weighted by molar-refractivity contribution is 9.10. The van der Waals surface area contributed by atoms with Crippen LogP contribution >= 0.6 is 51.1 Å². The third kappa shape index (κ3) is 2.78. The van der Waals surface area contributed by atoms with Crippen LogP contribution in [0.15, 0.2) is 22.7 Å². The molecule has 0 fully saturated rings. The molecule has 0 saturated heterocycles. The number of benzene rings is 1. The van der Waals surface area contributed by atoms with E-state index in [9.17, 15) is 0 Å². The molecular weight excluding hydrogens is 318 g/mol. The zero-order valence-corrected chi connectivity index (χ0v) is 11.2. The zero-order chi connectivity index (χ0) is 10.8. The summed E-state index contributed by atoms with van der Waals surface area (Å²) in [6, 6.07) is 5.56. The van der Waals surface area contributed by atoms with Crippen molar-refractivity contribution >= 4 is 61.9 Å². The fraction of sp³-hybridized carbons (Fsp3) is 0. The molecule has 1 aromatic carbocycles. The molecule has 0 radical (unpaired) electrons. The maximum Gasteiger partial charge on any atom is 0.208 e. The standard InChI is InChI=1S/C8H5BrClN3S2/c9-5-3-4(1-2-6(5)10)11-7-12-13-8(14)15-7/h1-3H,(H,11,12)(H,13,14). The van der Waals surface area contributed by atoms with Gasteiger partial charge in [-0.3, -0.25) is 5.10 Å². The lowest BCUT2D eigenvalue weighted by atomic mass is 10.3. The Labute approximate surface area is 109 Å². The SMILES string of the molecule is S=c1[nH]nc(Nc2ccc(Cl)c(Br)c2)s1. The number of aromatic amines is 1. The van der Waals surface area contributed by atoms with Gasteiger partial charge in [0.25, 0.3) is 0 Å². The third-order valence-corrected chi connectivity index (χ3v) is 3.83. The van der Waals surface area contributed by atoms with Crippen LogP contribution in [0.3, 0.4) is 0 Å². The molecule has 1 heterocycles. The first-order valence-electron chi connectivity index (χ1n) is 3.93. The van der Waals surface area contributed by atoms with Crippen molar-refractivity contribution in [1.82, 2.24) is 10.2 Å². The van der Waals surface area contributed by atoms with Gasteiger partial charge in [-0.1, -0.05) is 22.9 Å². The summed E-state index contributed by atoms with van der Waals surface area (Å²) in [4.78, 5) is 0. The molecule has 0 amide bonds. The molecule has 2 N–H and O–H groups in total. The molecule has 0 aliphatic heterocycles. The molecular formula is C8H5BrClN3S2. The van der Waals surface area contributed by atoms with Crippen LogP contribution < -0.4 is 5.32 Å². The van der Waals surface area contributed by atoms with Crippen LogP contribution in [-0.4, -0.2) is 10.2 Å². The van der Waals surface area contributed by atoms with E-state index < -0.39 is 0 Å². The molecule has 2 rings (SSSR count). The minimum absolute atomic E-state index is 0.644. The Morgan fingerprint density at radius 1 is 1.53 bits per heavy atom. The molecule has 0 atom stereocenters. The van der Waals surface area contributed by atoms with Gasteiger partial charge in [-0.2, -0.15) is 0 Å². The normalized spacial score (nSPS) is 10.3. The second-order valence-corrected chi connectivity index (χ2v) is 5.60. The molecule has 0 saturated carbocycles. The molecule has 0 unspecified atom stereocenters. The van der Waals surface area contributed by atoms with E-state index in [1.54, 1.807) is 6.07 Å². The Morgan fingerprint density at radius 2 is 2.33 bits per heavy atom. The van der Waals surface area contributed by atoms with Crippen LogP contribution in [0, 0.1) is 3.95 Å². The highest BCUT2D eigenvalue weighted by Gasteiger charge is 2.01. The van der Waals surface area contributed by atoms with E-state index in [1.165, 1.54) is 11.3 Å². The molecule has 7 heteroatoms. The Hall–Kier alpha value is -0.430. The maximum absolute atomic E-state index is 5.88. The van der Waals surface area contributed by atoms with E-state index in [0.717, 1.165) is 15.3 Å². The summed E-state index contributed by atoms with van der Waals surface area (Å²) in [7, 11) is 0. The number of aromatic nitrogens is 2. The van der Waals surface area contributed by atoms with Gasteiger partial charge < -0.3 is 5.32 Å². The van der Waals surface area contributed by atoms with Crippen LogP contribution in [-0.2, 0) is 0 Å². The molecule has 0 aliphatic carbocycles. The van der Waals surface area contributed by atoms with Crippen molar-refractivity contribution in [3.8, 4) is 0 Å². The second kappa shape index (κ2) is 4.61. The van der Waals surface area contributed by atoms with E-state index in [2.05, 4.69) is 31.4 Å². The average molecular weight is 323 g/mol. The van der Waals surface area contributed by atoms with Crippen LogP contribution in [0.25, 0.3) is 0 Å². The van der Waals surface area contributed by atoms with Crippen molar-refractivity contribution in [2.45, 2.75) is 0 Å². The predicted molar refractivity (Wildman–Crippen MR) is 69.7 cm³/mol. The number of hydrogen-bond acceptors (Lipinski definition) is 4. The molecule has 0 aliphatic rings. The minimum atomic E-state index is 0.644. The number of nitrogens with one attached hydrogen (secondary N) is 2. The van der Waals surface area contributed by atoms with Crippen molar-refractivity contribution in [2.24, 2.45) is 0 Å². The highest BCUT2D eigenvalue weighted by Crippen LogP contribution is 2.27. The molecule has 0 bridgehead atoms. The van der Waals surface area contributed by atoms with Crippen molar-refractivity contribution in [2.75, 3.05) is 5.32 Å². The lowest BCUT2D eigenvalue weighted by Gasteiger charge is -2.03. The first-order valence-corrected chi connectivity index (χ1v) is 6.32. The van der Waals surface area contributed by atoms with E-state index >= 15 is 0 Å². The number of rotatable bonds is 2.